The van der Waals surface area contributed by atoms with E-state index < -0.39 is 9.84 Å². The van der Waals surface area contributed by atoms with Gasteiger partial charge in [-0.05, 0) is 21.0 Å². The summed E-state index contributed by atoms with van der Waals surface area (Å²) in [5, 5.41) is 12.4. The highest BCUT2D eigenvalue weighted by Gasteiger charge is 2.24. The molecule has 3 N–H and O–H groups in total. The Morgan fingerprint density at radius 3 is 2.53 bits per heavy atom. The molecule has 106 valence electrons. The number of hydrogen-bond donors (Lipinski definition) is 2. The van der Waals surface area contributed by atoms with Crippen LogP contribution in [0, 0.1) is 11.3 Å². The summed E-state index contributed by atoms with van der Waals surface area (Å²) < 4.78 is 23.5. The molecule has 0 saturated heterocycles. The Bertz CT molecular complexity index is 599. The molecule has 0 spiro atoms. The largest absolute Gasteiger partial charge is 0.396 e. The lowest BCUT2D eigenvalue weighted by Crippen LogP contribution is -2.31. The van der Waals surface area contributed by atoms with Gasteiger partial charge in [0.2, 0.25) is 0 Å². The maximum Gasteiger partial charge on any atom is 0.180 e. The van der Waals surface area contributed by atoms with Gasteiger partial charge < -0.3 is 16.0 Å². The summed E-state index contributed by atoms with van der Waals surface area (Å²) in [6.45, 7) is 2.58. The molecule has 0 aliphatic rings. The number of rotatable bonds is 5. The van der Waals surface area contributed by atoms with Crippen LogP contribution in [0.25, 0.3) is 0 Å². The number of anilines is 2. The van der Waals surface area contributed by atoms with E-state index in [9.17, 15) is 8.42 Å². The van der Waals surface area contributed by atoms with Crippen molar-refractivity contribution in [1.82, 2.24) is 4.90 Å². The first-order valence-corrected chi connectivity index (χ1v) is 8.32. The van der Waals surface area contributed by atoms with E-state index in [-0.39, 0.29) is 21.5 Å². The number of likely N-dealkylation sites (N-methyl/N-ethyl adjacent to an activating group) is 1. The van der Waals surface area contributed by atoms with Crippen molar-refractivity contribution in [3.05, 3.63) is 4.88 Å². The third kappa shape index (κ3) is 3.59. The van der Waals surface area contributed by atoms with Crippen molar-refractivity contribution in [2.24, 2.45) is 0 Å². The van der Waals surface area contributed by atoms with E-state index in [1.54, 1.807) is 0 Å². The fourth-order valence-corrected chi connectivity index (χ4v) is 3.79. The summed E-state index contributed by atoms with van der Waals surface area (Å²) in [6.07, 6.45) is 1.09. The third-order valence-electron chi connectivity index (χ3n) is 2.81. The molecule has 1 aromatic rings. The smallest absolute Gasteiger partial charge is 0.180 e. The molecule has 1 heterocycles. The second kappa shape index (κ2) is 5.77. The first kappa shape index (κ1) is 15.8. The molecular formula is C11H18N4O2S2. The maximum absolute atomic E-state index is 11.7. The van der Waals surface area contributed by atoms with Crippen LogP contribution in [0.3, 0.4) is 0 Å². The van der Waals surface area contributed by atoms with E-state index >= 15 is 0 Å². The van der Waals surface area contributed by atoms with E-state index in [2.05, 4.69) is 5.32 Å². The molecule has 0 radical (unpaired) electrons. The van der Waals surface area contributed by atoms with Crippen LogP contribution in [0.2, 0.25) is 0 Å². The fraction of sp³-hybridized carbons (Fsp3) is 0.545. The molecule has 1 aromatic heterocycles. The van der Waals surface area contributed by atoms with Gasteiger partial charge in [-0.2, -0.15) is 5.26 Å². The highest BCUT2D eigenvalue weighted by Crippen LogP contribution is 2.38. The molecule has 1 rings (SSSR count). The van der Waals surface area contributed by atoms with Crippen molar-refractivity contribution in [3.8, 4) is 6.07 Å². The molecule has 1 atom stereocenters. The summed E-state index contributed by atoms with van der Waals surface area (Å²) in [7, 11) is 0.412. The van der Waals surface area contributed by atoms with Crippen molar-refractivity contribution < 1.29 is 8.42 Å². The number of nitriles is 1. The molecule has 0 bridgehead atoms. The van der Waals surface area contributed by atoms with Crippen LogP contribution < -0.4 is 11.1 Å². The van der Waals surface area contributed by atoms with Crippen LogP contribution >= 0.6 is 11.3 Å². The second-order valence-corrected chi connectivity index (χ2v) is 7.55. The summed E-state index contributed by atoms with van der Waals surface area (Å²) in [5.74, 6) is 0. The van der Waals surface area contributed by atoms with Crippen molar-refractivity contribution in [2.45, 2.75) is 17.9 Å². The number of nitrogens with zero attached hydrogens (tertiary/aromatic N) is 2. The normalized spacial score (nSPS) is 13.3. The van der Waals surface area contributed by atoms with E-state index in [1.807, 2.05) is 32.0 Å². The van der Waals surface area contributed by atoms with Gasteiger partial charge in [-0.3, -0.25) is 0 Å². The van der Waals surface area contributed by atoms with Gasteiger partial charge >= 0.3 is 0 Å². The quantitative estimate of drug-likeness (QED) is 0.840. The average molecular weight is 302 g/mol. The molecule has 19 heavy (non-hydrogen) atoms. The van der Waals surface area contributed by atoms with Gasteiger partial charge in [-0.15, -0.1) is 11.3 Å². The number of nitrogens with two attached hydrogens (primary N) is 1. The number of nitrogens with one attached hydrogen (secondary N) is 1. The monoisotopic (exact) mass is 302 g/mol. The van der Waals surface area contributed by atoms with Crippen LogP contribution in [-0.4, -0.2) is 46.3 Å². The van der Waals surface area contributed by atoms with Crippen LogP contribution in [0.4, 0.5) is 10.7 Å². The predicted octanol–water partition coefficient (Wildman–Crippen LogP) is 0.967. The molecule has 0 aliphatic carbocycles. The number of thiophene rings is 1. The lowest BCUT2D eigenvalue weighted by atomic mass is 10.3. The summed E-state index contributed by atoms with van der Waals surface area (Å²) in [6, 6.07) is 2.14. The summed E-state index contributed by atoms with van der Waals surface area (Å²) in [4.78, 5) is 2.26. The Morgan fingerprint density at radius 2 is 2.11 bits per heavy atom. The Morgan fingerprint density at radius 1 is 1.53 bits per heavy atom. The summed E-state index contributed by atoms with van der Waals surface area (Å²) >= 11 is 1.07. The number of hydrogen-bond acceptors (Lipinski definition) is 7. The van der Waals surface area contributed by atoms with Crippen LogP contribution in [0.5, 0.6) is 0 Å². The topological polar surface area (TPSA) is 99.2 Å². The Hall–Kier alpha value is -1.30. The van der Waals surface area contributed by atoms with E-state index in [0.717, 1.165) is 17.6 Å². The van der Waals surface area contributed by atoms with Gasteiger partial charge in [0.1, 0.15) is 20.8 Å². The number of nitrogen functional groups attached to an aromatic ring is 1. The van der Waals surface area contributed by atoms with Crippen molar-refractivity contribution in [3.63, 3.8) is 0 Å². The molecule has 0 amide bonds. The molecule has 6 nitrogen and oxygen atoms in total. The minimum atomic E-state index is -3.46. The van der Waals surface area contributed by atoms with Gasteiger partial charge in [0.15, 0.2) is 9.84 Å². The molecule has 0 saturated carbocycles. The second-order valence-electron chi connectivity index (χ2n) is 4.58. The van der Waals surface area contributed by atoms with E-state index in [4.69, 9.17) is 11.0 Å². The highest BCUT2D eigenvalue weighted by molar-refractivity contribution is 7.91. The zero-order chi connectivity index (χ0) is 14.8. The third-order valence-corrected chi connectivity index (χ3v) is 5.17. The van der Waals surface area contributed by atoms with Crippen LogP contribution in [0.1, 0.15) is 11.8 Å². The first-order valence-electron chi connectivity index (χ1n) is 5.61. The molecular weight excluding hydrogens is 284 g/mol. The van der Waals surface area contributed by atoms with Crippen LogP contribution in [0.15, 0.2) is 4.90 Å². The van der Waals surface area contributed by atoms with E-state index in [0.29, 0.717) is 11.5 Å². The summed E-state index contributed by atoms with van der Waals surface area (Å²) in [5.41, 5.74) is 5.76. The molecule has 1 unspecified atom stereocenters. The Labute approximate surface area is 117 Å². The average Bonchev–Trinajstić information content (AvgIpc) is 2.61. The van der Waals surface area contributed by atoms with Crippen LogP contribution in [-0.2, 0) is 9.84 Å². The standard InChI is InChI=1S/C11H18N4O2S2/c1-7(15(2)3)6-14-11-10(19(4,16)17)9(13)8(5-12)18-11/h7,14H,6,13H2,1-4H3. The minimum absolute atomic E-state index is 0.0278. The van der Waals surface area contributed by atoms with Gasteiger partial charge in [-0.1, -0.05) is 0 Å². The predicted molar refractivity (Wildman–Crippen MR) is 78.2 cm³/mol. The SMILES string of the molecule is CC(CNc1sc(C#N)c(N)c1S(C)(=O)=O)N(C)C. The van der Waals surface area contributed by atoms with Crippen molar-refractivity contribution in [1.29, 1.82) is 5.26 Å². The maximum atomic E-state index is 11.7. The van der Waals surface area contributed by atoms with Gasteiger partial charge in [0.05, 0.1) is 5.69 Å². The lowest BCUT2D eigenvalue weighted by molar-refractivity contribution is 0.326. The number of sulfone groups is 1. The minimum Gasteiger partial charge on any atom is -0.396 e. The molecule has 0 fully saturated rings. The highest BCUT2D eigenvalue weighted by atomic mass is 32.2. The molecule has 0 aromatic carbocycles. The lowest BCUT2D eigenvalue weighted by Gasteiger charge is -2.20. The van der Waals surface area contributed by atoms with Crippen molar-refractivity contribution in [2.75, 3.05) is 37.9 Å². The zero-order valence-electron chi connectivity index (χ0n) is 11.4. The van der Waals surface area contributed by atoms with Gasteiger partial charge in [0.25, 0.3) is 0 Å². The first-order chi connectivity index (χ1) is 8.68. The molecule has 8 heteroatoms. The molecule has 0 aliphatic heterocycles. The Balaban J connectivity index is 3.12. The van der Waals surface area contributed by atoms with E-state index in [1.165, 1.54) is 0 Å². The van der Waals surface area contributed by atoms with Gasteiger partial charge in [0, 0.05) is 18.8 Å². The fourth-order valence-electron chi connectivity index (χ4n) is 1.42. The Kier molecular flexibility index (Phi) is 4.79. The van der Waals surface area contributed by atoms with Crippen molar-refractivity contribution >= 4 is 31.9 Å². The zero-order valence-corrected chi connectivity index (χ0v) is 13.0. The van der Waals surface area contributed by atoms with Gasteiger partial charge in [-0.25, -0.2) is 8.42 Å².